The van der Waals surface area contributed by atoms with Gasteiger partial charge in [0.05, 0.1) is 0 Å². The van der Waals surface area contributed by atoms with Crippen molar-refractivity contribution in [1.82, 2.24) is 0 Å². The van der Waals surface area contributed by atoms with Crippen molar-refractivity contribution in [3.05, 3.63) is 121 Å². The summed E-state index contributed by atoms with van der Waals surface area (Å²) < 4.78 is 0. The fraction of sp³-hybridized carbons (Fsp3) is 0. The van der Waals surface area contributed by atoms with Gasteiger partial charge in [0.1, 0.15) is 11.5 Å². The van der Waals surface area contributed by atoms with Crippen molar-refractivity contribution in [2.24, 2.45) is 0 Å². The van der Waals surface area contributed by atoms with E-state index in [0.717, 1.165) is 33.4 Å². The summed E-state index contributed by atoms with van der Waals surface area (Å²) in [6.07, 6.45) is 0. The Morgan fingerprint density at radius 2 is 0.625 bits per heavy atom. The van der Waals surface area contributed by atoms with Gasteiger partial charge >= 0.3 is 0 Å². The lowest BCUT2D eigenvalue weighted by Gasteiger charge is -2.16. The van der Waals surface area contributed by atoms with Gasteiger partial charge in [0.15, 0.2) is 0 Å². The Labute approximate surface area is 187 Å². The van der Waals surface area contributed by atoms with E-state index in [-0.39, 0.29) is 11.5 Å². The van der Waals surface area contributed by atoms with Crippen LogP contribution in [-0.4, -0.2) is 10.2 Å². The summed E-state index contributed by atoms with van der Waals surface area (Å²) in [5.41, 5.74) is 7.05. The Morgan fingerprint density at radius 1 is 0.312 bits per heavy atom. The van der Waals surface area contributed by atoms with E-state index in [4.69, 9.17) is 0 Å². The highest BCUT2D eigenvalue weighted by Gasteiger charge is 2.17. The number of phenols is 2. The minimum Gasteiger partial charge on any atom is -0.507 e. The van der Waals surface area contributed by atoms with E-state index in [2.05, 4.69) is 0 Å². The molecule has 0 bridgehead atoms. The SMILES string of the molecule is Oc1cc(-c2ccccc2-c2ccccc2)c(O)cc1-c1ccccc1-c1ccccc1. The predicted octanol–water partition coefficient (Wildman–Crippen LogP) is 7.77. The first-order valence-electron chi connectivity index (χ1n) is 10.6. The van der Waals surface area contributed by atoms with E-state index in [0.29, 0.717) is 11.1 Å². The third-order valence-corrected chi connectivity index (χ3v) is 5.72. The lowest BCUT2D eigenvalue weighted by Crippen LogP contribution is -1.89. The zero-order valence-electron chi connectivity index (χ0n) is 17.4. The molecule has 32 heavy (non-hydrogen) atoms. The van der Waals surface area contributed by atoms with Gasteiger partial charge in [0.2, 0.25) is 0 Å². The lowest BCUT2D eigenvalue weighted by atomic mass is 9.90. The molecule has 0 radical (unpaired) electrons. The van der Waals surface area contributed by atoms with Crippen LogP contribution in [0, 0.1) is 0 Å². The van der Waals surface area contributed by atoms with Crippen molar-refractivity contribution in [2.75, 3.05) is 0 Å². The molecule has 0 aromatic heterocycles. The largest absolute Gasteiger partial charge is 0.507 e. The van der Waals surface area contributed by atoms with Crippen LogP contribution in [0.4, 0.5) is 0 Å². The number of aromatic hydroxyl groups is 2. The van der Waals surface area contributed by atoms with Crippen molar-refractivity contribution in [3.8, 4) is 56.0 Å². The highest BCUT2D eigenvalue weighted by Crippen LogP contribution is 2.44. The van der Waals surface area contributed by atoms with Gasteiger partial charge in [-0.25, -0.2) is 0 Å². The van der Waals surface area contributed by atoms with Crippen molar-refractivity contribution >= 4 is 0 Å². The molecule has 0 amide bonds. The van der Waals surface area contributed by atoms with Crippen molar-refractivity contribution in [3.63, 3.8) is 0 Å². The zero-order chi connectivity index (χ0) is 21.9. The van der Waals surface area contributed by atoms with Crippen molar-refractivity contribution in [1.29, 1.82) is 0 Å². The van der Waals surface area contributed by atoms with Gasteiger partial charge in [0, 0.05) is 11.1 Å². The molecule has 5 aromatic carbocycles. The summed E-state index contributed by atoms with van der Waals surface area (Å²) in [6, 6.07) is 39.3. The molecule has 0 aliphatic rings. The molecule has 0 aliphatic heterocycles. The molecule has 2 N–H and O–H groups in total. The second kappa shape index (κ2) is 8.44. The van der Waals surface area contributed by atoms with Gasteiger partial charge in [-0.15, -0.1) is 0 Å². The van der Waals surface area contributed by atoms with Gasteiger partial charge in [0.25, 0.3) is 0 Å². The Bertz CT molecular complexity index is 1260. The van der Waals surface area contributed by atoms with Crippen LogP contribution in [0.1, 0.15) is 0 Å². The van der Waals surface area contributed by atoms with Gasteiger partial charge in [-0.1, -0.05) is 109 Å². The topological polar surface area (TPSA) is 40.5 Å². The highest BCUT2D eigenvalue weighted by molar-refractivity contribution is 5.92. The second-order valence-electron chi connectivity index (χ2n) is 7.71. The van der Waals surface area contributed by atoms with Crippen LogP contribution >= 0.6 is 0 Å². The van der Waals surface area contributed by atoms with E-state index in [1.165, 1.54) is 0 Å². The van der Waals surface area contributed by atoms with Crippen LogP contribution < -0.4 is 0 Å². The maximum absolute atomic E-state index is 11.1. The predicted molar refractivity (Wildman–Crippen MR) is 132 cm³/mol. The molecule has 0 heterocycles. The van der Waals surface area contributed by atoms with Crippen LogP contribution in [0.15, 0.2) is 121 Å². The summed E-state index contributed by atoms with van der Waals surface area (Å²) in [5.74, 6) is 0.257. The van der Waals surface area contributed by atoms with Crippen molar-refractivity contribution in [2.45, 2.75) is 0 Å². The molecular weight excluding hydrogens is 392 g/mol. The smallest absolute Gasteiger partial charge is 0.124 e. The third-order valence-electron chi connectivity index (χ3n) is 5.72. The van der Waals surface area contributed by atoms with E-state index in [1.54, 1.807) is 12.1 Å². The Hall–Kier alpha value is -4.30. The zero-order valence-corrected chi connectivity index (χ0v) is 17.4. The maximum atomic E-state index is 11.1. The van der Waals surface area contributed by atoms with Crippen LogP contribution in [-0.2, 0) is 0 Å². The summed E-state index contributed by atoms with van der Waals surface area (Å²) in [4.78, 5) is 0. The highest BCUT2D eigenvalue weighted by atomic mass is 16.3. The summed E-state index contributed by atoms with van der Waals surface area (Å²) in [6.45, 7) is 0. The van der Waals surface area contributed by atoms with Gasteiger partial charge < -0.3 is 10.2 Å². The van der Waals surface area contributed by atoms with Gasteiger partial charge in [-0.05, 0) is 45.5 Å². The minimum atomic E-state index is 0.129. The molecule has 0 unspecified atom stereocenters. The first-order valence-corrected chi connectivity index (χ1v) is 10.6. The van der Waals surface area contributed by atoms with Crippen molar-refractivity contribution < 1.29 is 10.2 Å². The molecule has 5 rings (SSSR count). The monoisotopic (exact) mass is 414 g/mol. The molecule has 0 atom stereocenters. The quantitative estimate of drug-likeness (QED) is 0.295. The molecule has 0 fully saturated rings. The molecule has 0 spiro atoms. The molecule has 0 saturated carbocycles. The molecular formula is C30H22O2. The standard InChI is InChI=1S/C30H22O2/c31-29-20-28(26-18-10-8-16-24(26)22-13-5-2-6-14-22)30(32)19-27(29)25-17-9-7-15-23(25)21-11-3-1-4-12-21/h1-20,31-32H. The first kappa shape index (κ1) is 19.7. The fourth-order valence-electron chi connectivity index (χ4n) is 4.18. The lowest BCUT2D eigenvalue weighted by molar-refractivity contribution is 0.463. The van der Waals surface area contributed by atoms with Gasteiger partial charge in [-0.3, -0.25) is 0 Å². The average Bonchev–Trinajstić information content (AvgIpc) is 2.86. The van der Waals surface area contributed by atoms with E-state index in [1.807, 2.05) is 109 Å². The summed E-state index contributed by atoms with van der Waals surface area (Å²) in [5, 5.41) is 22.1. The average molecular weight is 415 g/mol. The molecule has 0 aliphatic carbocycles. The maximum Gasteiger partial charge on any atom is 0.124 e. The fourth-order valence-corrected chi connectivity index (χ4v) is 4.18. The van der Waals surface area contributed by atoms with Crippen LogP contribution in [0.3, 0.4) is 0 Å². The Morgan fingerprint density at radius 3 is 1.00 bits per heavy atom. The number of phenolic OH excluding ortho intramolecular Hbond substituents is 2. The van der Waals surface area contributed by atoms with E-state index >= 15 is 0 Å². The number of hydrogen-bond acceptors (Lipinski definition) is 2. The number of hydrogen-bond donors (Lipinski definition) is 2. The van der Waals surface area contributed by atoms with E-state index < -0.39 is 0 Å². The minimum absolute atomic E-state index is 0.129. The Balaban J connectivity index is 1.65. The third kappa shape index (κ3) is 3.63. The molecule has 154 valence electrons. The first-order chi connectivity index (χ1) is 15.7. The van der Waals surface area contributed by atoms with Crippen LogP contribution in [0.25, 0.3) is 44.5 Å². The van der Waals surface area contributed by atoms with E-state index in [9.17, 15) is 10.2 Å². The van der Waals surface area contributed by atoms with Crippen LogP contribution in [0.2, 0.25) is 0 Å². The second-order valence-corrected chi connectivity index (χ2v) is 7.71. The van der Waals surface area contributed by atoms with Gasteiger partial charge in [-0.2, -0.15) is 0 Å². The Kier molecular flexibility index (Phi) is 5.19. The molecule has 2 nitrogen and oxygen atoms in total. The molecule has 2 heteroatoms. The molecule has 0 saturated heterocycles. The van der Waals surface area contributed by atoms with Crippen LogP contribution in [0.5, 0.6) is 11.5 Å². The number of rotatable bonds is 4. The molecule has 5 aromatic rings. The summed E-state index contributed by atoms with van der Waals surface area (Å²) >= 11 is 0. The summed E-state index contributed by atoms with van der Waals surface area (Å²) in [7, 11) is 0. The normalized spacial score (nSPS) is 10.8. The number of benzene rings is 5.